The number of benzene rings is 1. The van der Waals surface area contributed by atoms with Gasteiger partial charge in [-0.1, -0.05) is 12.2 Å². The average Bonchev–Trinajstić information content (AvgIpc) is 2.52. The summed E-state index contributed by atoms with van der Waals surface area (Å²) in [5, 5.41) is 0. The Morgan fingerprint density at radius 3 is 2.86 bits per heavy atom. The Morgan fingerprint density at radius 1 is 1.24 bits per heavy atom. The molecule has 1 unspecified atom stereocenters. The standard InChI is InChI=1S/C16H23NO3S/c1-17-11-7-5-3-4-6-8-12-20-15-13-14(19-2)9-10-16(15)21(17)18/h4,6,9-10,13H,3,5,7-8,11-12H2,1-2H3/b6-4+. The predicted molar refractivity (Wildman–Crippen MR) is 85.1 cm³/mol. The summed E-state index contributed by atoms with van der Waals surface area (Å²) in [6, 6.07) is 5.46. The van der Waals surface area contributed by atoms with E-state index in [2.05, 4.69) is 12.2 Å². The summed E-state index contributed by atoms with van der Waals surface area (Å²) in [5.41, 5.74) is 0. The van der Waals surface area contributed by atoms with E-state index in [1.165, 1.54) is 0 Å². The monoisotopic (exact) mass is 309 g/mol. The van der Waals surface area contributed by atoms with Gasteiger partial charge in [0.05, 0.1) is 18.6 Å². The third-order valence-corrected chi connectivity index (χ3v) is 4.89. The first-order valence-electron chi connectivity index (χ1n) is 7.31. The van der Waals surface area contributed by atoms with Gasteiger partial charge >= 0.3 is 0 Å². The molecular formula is C16H23NO3S. The molecule has 0 amide bonds. The van der Waals surface area contributed by atoms with Crippen LogP contribution >= 0.6 is 0 Å². The maximum absolute atomic E-state index is 12.6. The number of hydrogen-bond donors (Lipinski definition) is 0. The summed E-state index contributed by atoms with van der Waals surface area (Å²) in [6.45, 7) is 1.39. The van der Waals surface area contributed by atoms with Crippen molar-refractivity contribution in [3.63, 3.8) is 0 Å². The van der Waals surface area contributed by atoms with E-state index in [9.17, 15) is 4.21 Å². The molecule has 1 atom stereocenters. The van der Waals surface area contributed by atoms with Crippen LogP contribution in [-0.4, -0.2) is 35.8 Å². The van der Waals surface area contributed by atoms with Crippen LogP contribution in [0.3, 0.4) is 0 Å². The second-order valence-corrected chi connectivity index (χ2v) is 6.58. The van der Waals surface area contributed by atoms with E-state index in [0.717, 1.165) is 32.2 Å². The molecule has 0 saturated heterocycles. The molecule has 1 aromatic carbocycles. The number of rotatable bonds is 1. The molecule has 1 aliphatic rings. The molecule has 0 N–H and O–H groups in total. The van der Waals surface area contributed by atoms with E-state index in [1.807, 2.05) is 29.6 Å². The molecule has 0 radical (unpaired) electrons. The normalized spacial score (nSPS) is 22.9. The van der Waals surface area contributed by atoms with Crippen LogP contribution in [0.2, 0.25) is 0 Å². The summed E-state index contributed by atoms with van der Waals surface area (Å²) in [6.07, 6.45) is 8.44. The highest BCUT2D eigenvalue weighted by atomic mass is 32.2. The Hall–Kier alpha value is -1.33. The minimum absolute atomic E-state index is 0.581. The van der Waals surface area contributed by atoms with Crippen molar-refractivity contribution in [2.45, 2.75) is 30.6 Å². The van der Waals surface area contributed by atoms with Crippen LogP contribution in [0, 0.1) is 0 Å². The lowest BCUT2D eigenvalue weighted by Gasteiger charge is -2.18. The molecule has 0 spiro atoms. The first kappa shape index (κ1) is 16.0. The van der Waals surface area contributed by atoms with Crippen molar-refractivity contribution in [1.82, 2.24) is 4.31 Å². The molecule has 0 aliphatic carbocycles. The summed E-state index contributed by atoms with van der Waals surface area (Å²) in [5.74, 6) is 1.36. The zero-order chi connectivity index (χ0) is 15.1. The molecule has 0 fully saturated rings. The fourth-order valence-electron chi connectivity index (χ4n) is 2.19. The Kier molecular flexibility index (Phi) is 6.26. The molecule has 2 rings (SSSR count). The van der Waals surface area contributed by atoms with Crippen molar-refractivity contribution < 1.29 is 13.7 Å². The Labute approximate surface area is 129 Å². The van der Waals surface area contributed by atoms with Gasteiger partial charge in [0.1, 0.15) is 22.5 Å². The van der Waals surface area contributed by atoms with E-state index in [1.54, 1.807) is 7.11 Å². The fourth-order valence-corrected chi connectivity index (χ4v) is 3.30. The molecule has 1 heterocycles. The highest BCUT2D eigenvalue weighted by Crippen LogP contribution is 2.29. The van der Waals surface area contributed by atoms with Gasteiger partial charge in [-0.05, 0) is 37.8 Å². The van der Waals surface area contributed by atoms with Crippen molar-refractivity contribution in [3.05, 3.63) is 30.4 Å². The molecule has 1 aliphatic heterocycles. The second kappa shape index (κ2) is 8.20. The molecule has 0 aromatic heterocycles. The highest BCUT2D eigenvalue weighted by molar-refractivity contribution is 7.82. The number of allylic oxidation sites excluding steroid dienone is 1. The van der Waals surface area contributed by atoms with Crippen LogP contribution < -0.4 is 9.47 Å². The van der Waals surface area contributed by atoms with Gasteiger partial charge in [0, 0.05) is 19.7 Å². The first-order valence-corrected chi connectivity index (χ1v) is 8.42. The largest absolute Gasteiger partial charge is 0.497 e. The molecular weight excluding hydrogens is 286 g/mol. The van der Waals surface area contributed by atoms with E-state index >= 15 is 0 Å². The van der Waals surface area contributed by atoms with Crippen molar-refractivity contribution in [2.75, 3.05) is 27.3 Å². The molecule has 0 saturated carbocycles. The van der Waals surface area contributed by atoms with Crippen LogP contribution in [0.15, 0.2) is 35.2 Å². The molecule has 116 valence electrons. The first-order chi connectivity index (χ1) is 10.2. The van der Waals surface area contributed by atoms with Crippen molar-refractivity contribution >= 4 is 11.0 Å². The Morgan fingerprint density at radius 2 is 2.05 bits per heavy atom. The maximum Gasteiger partial charge on any atom is 0.140 e. The molecule has 21 heavy (non-hydrogen) atoms. The van der Waals surface area contributed by atoms with E-state index in [4.69, 9.17) is 9.47 Å². The predicted octanol–water partition coefficient (Wildman–Crippen LogP) is 3.16. The van der Waals surface area contributed by atoms with Gasteiger partial charge in [0.25, 0.3) is 0 Å². The highest BCUT2D eigenvalue weighted by Gasteiger charge is 2.17. The molecule has 4 nitrogen and oxygen atoms in total. The van der Waals surface area contributed by atoms with Gasteiger partial charge in [-0.15, -0.1) is 0 Å². The number of methoxy groups -OCH3 is 1. The van der Waals surface area contributed by atoms with Crippen LogP contribution in [-0.2, 0) is 11.0 Å². The lowest BCUT2D eigenvalue weighted by molar-refractivity contribution is 0.313. The van der Waals surface area contributed by atoms with E-state index < -0.39 is 11.0 Å². The van der Waals surface area contributed by atoms with Crippen molar-refractivity contribution in [1.29, 1.82) is 0 Å². The van der Waals surface area contributed by atoms with Gasteiger partial charge < -0.3 is 9.47 Å². The lowest BCUT2D eigenvalue weighted by Crippen LogP contribution is -2.23. The van der Waals surface area contributed by atoms with Crippen LogP contribution in [0.1, 0.15) is 25.7 Å². The lowest BCUT2D eigenvalue weighted by atomic mass is 10.2. The topological polar surface area (TPSA) is 38.8 Å². The summed E-state index contributed by atoms with van der Waals surface area (Å²) >= 11 is 0. The van der Waals surface area contributed by atoms with Crippen molar-refractivity contribution in [2.24, 2.45) is 0 Å². The second-order valence-electron chi connectivity index (χ2n) is 5.02. The number of hydrogen-bond acceptors (Lipinski definition) is 3. The summed E-state index contributed by atoms with van der Waals surface area (Å²) < 4.78 is 25.5. The maximum atomic E-state index is 12.6. The van der Waals surface area contributed by atoms with Crippen LogP contribution in [0.4, 0.5) is 0 Å². The SMILES string of the molecule is COc1ccc2c(c1)OCC/C=C/CCCCN(C)S2=O. The molecule has 0 bridgehead atoms. The summed E-state index contributed by atoms with van der Waals surface area (Å²) in [7, 11) is 2.30. The zero-order valence-corrected chi connectivity index (χ0v) is 13.5. The van der Waals surface area contributed by atoms with Gasteiger partial charge in [-0.25, -0.2) is 8.51 Å². The van der Waals surface area contributed by atoms with E-state index in [0.29, 0.717) is 23.0 Å². The number of ether oxygens (including phenoxy) is 2. The smallest absolute Gasteiger partial charge is 0.140 e. The Bertz CT molecular complexity index is 516. The van der Waals surface area contributed by atoms with Gasteiger partial charge in [-0.3, -0.25) is 0 Å². The third kappa shape index (κ3) is 4.58. The minimum Gasteiger partial charge on any atom is -0.497 e. The van der Waals surface area contributed by atoms with Gasteiger partial charge in [-0.2, -0.15) is 0 Å². The number of fused-ring (bicyclic) bond motifs is 1. The number of nitrogens with zero attached hydrogens (tertiary/aromatic N) is 1. The Balaban J connectivity index is 2.26. The van der Waals surface area contributed by atoms with Gasteiger partial charge in [0.15, 0.2) is 0 Å². The average molecular weight is 309 g/mol. The molecule has 1 aromatic rings. The molecule has 5 heteroatoms. The zero-order valence-electron chi connectivity index (χ0n) is 12.7. The third-order valence-electron chi connectivity index (χ3n) is 3.42. The summed E-state index contributed by atoms with van der Waals surface area (Å²) in [4.78, 5) is 0.710. The van der Waals surface area contributed by atoms with Gasteiger partial charge in [0.2, 0.25) is 0 Å². The minimum atomic E-state index is -1.20. The quantitative estimate of drug-likeness (QED) is 0.748. The van der Waals surface area contributed by atoms with Crippen molar-refractivity contribution in [3.8, 4) is 11.5 Å². The fraction of sp³-hybridized carbons (Fsp3) is 0.500. The van der Waals surface area contributed by atoms with E-state index in [-0.39, 0.29) is 0 Å². The van der Waals surface area contributed by atoms with Crippen LogP contribution in [0.5, 0.6) is 11.5 Å². The van der Waals surface area contributed by atoms with Crippen LogP contribution in [0.25, 0.3) is 0 Å².